The zero-order chi connectivity index (χ0) is 19.6. The predicted molar refractivity (Wildman–Crippen MR) is 103 cm³/mol. The third-order valence-corrected chi connectivity index (χ3v) is 4.41. The van der Waals surface area contributed by atoms with Crippen molar-refractivity contribution in [2.24, 2.45) is 5.92 Å². The van der Waals surface area contributed by atoms with E-state index in [1.54, 1.807) is 6.20 Å². The van der Waals surface area contributed by atoms with Crippen LogP contribution in [0.25, 0.3) is 0 Å². The van der Waals surface area contributed by atoms with E-state index in [4.69, 9.17) is 5.11 Å². The minimum Gasteiger partial charge on any atom is -0.481 e. The van der Waals surface area contributed by atoms with Crippen molar-refractivity contribution in [2.45, 2.75) is 45.7 Å². The Morgan fingerprint density at radius 2 is 2.00 bits per heavy atom. The minimum absolute atomic E-state index is 0.0219. The van der Waals surface area contributed by atoms with Crippen molar-refractivity contribution in [3.05, 3.63) is 54.1 Å². The number of aryl methyl sites for hydroxylation is 1. The molecule has 0 fully saturated rings. The molecular formula is C20H28N4O3. The van der Waals surface area contributed by atoms with Gasteiger partial charge in [-0.05, 0) is 31.2 Å². The van der Waals surface area contributed by atoms with Crippen LogP contribution in [-0.2, 0) is 17.8 Å². The number of benzene rings is 1. The Balaban J connectivity index is 1.82. The lowest BCUT2D eigenvalue weighted by Crippen LogP contribution is -2.44. The second-order valence-corrected chi connectivity index (χ2v) is 6.91. The highest BCUT2D eigenvalue weighted by molar-refractivity contribution is 5.74. The molecule has 7 heteroatoms. The van der Waals surface area contributed by atoms with E-state index in [0.717, 1.165) is 17.9 Å². The Hall–Kier alpha value is -2.83. The molecule has 2 unspecified atom stereocenters. The Morgan fingerprint density at radius 3 is 2.63 bits per heavy atom. The molecule has 146 valence electrons. The highest BCUT2D eigenvalue weighted by atomic mass is 16.4. The van der Waals surface area contributed by atoms with E-state index in [9.17, 15) is 9.59 Å². The molecule has 2 amide bonds. The third-order valence-electron chi connectivity index (χ3n) is 4.41. The summed E-state index contributed by atoms with van der Waals surface area (Å²) in [6, 6.07) is 9.25. The molecule has 2 rings (SSSR count). The van der Waals surface area contributed by atoms with E-state index in [1.807, 2.05) is 43.5 Å². The number of aliphatic carboxylic acids is 1. The average molecular weight is 372 g/mol. The van der Waals surface area contributed by atoms with Crippen molar-refractivity contribution in [1.82, 2.24) is 20.2 Å². The van der Waals surface area contributed by atoms with Gasteiger partial charge in [0.05, 0.1) is 0 Å². The van der Waals surface area contributed by atoms with Gasteiger partial charge in [-0.2, -0.15) is 0 Å². The van der Waals surface area contributed by atoms with Crippen LogP contribution in [-0.4, -0.2) is 39.2 Å². The van der Waals surface area contributed by atoms with Crippen molar-refractivity contribution in [1.29, 1.82) is 0 Å². The number of carboxylic acids is 1. The van der Waals surface area contributed by atoms with Crippen LogP contribution < -0.4 is 10.6 Å². The van der Waals surface area contributed by atoms with Gasteiger partial charge in [-0.1, -0.05) is 37.3 Å². The second kappa shape index (κ2) is 10.4. The van der Waals surface area contributed by atoms with E-state index in [0.29, 0.717) is 19.4 Å². The van der Waals surface area contributed by atoms with Crippen LogP contribution in [0, 0.1) is 12.8 Å². The Labute approximate surface area is 159 Å². The number of nitrogens with one attached hydrogen (secondary N) is 2. The zero-order valence-corrected chi connectivity index (χ0v) is 15.9. The number of hydrogen-bond acceptors (Lipinski definition) is 3. The number of amides is 2. The van der Waals surface area contributed by atoms with E-state index < -0.39 is 5.97 Å². The molecule has 0 saturated carbocycles. The number of carbonyl (C=O) groups is 2. The fourth-order valence-electron chi connectivity index (χ4n) is 2.92. The predicted octanol–water partition coefficient (Wildman–Crippen LogP) is 2.60. The highest BCUT2D eigenvalue weighted by Crippen LogP contribution is 2.08. The molecule has 0 radical (unpaired) electrons. The summed E-state index contributed by atoms with van der Waals surface area (Å²) in [4.78, 5) is 27.4. The molecule has 27 heavy (non-hydrogen) atoms. The van der Waals surface area contributed by atoms with Crippen molar-refractivity contribution >= 4 is 12.0 Å². The molecule has 7 nitrogen and oxygen atoms in total. The summed E-state index contributed by atoms with van der Waals surface area (Å²) in [5, 5.41) is 14.7. The number of aromatic nitrogens is 2. The largest absolute Gasteiger partial charge is 0.481 e. The minimum atomic E-state index is -0.861. The summed E-state index contributed by atoms with van der Waals surface area (Å²) in [6.45, 7) is 5.31. The van der Waals surface area contributed by atoms with Crippen molar-refractivity contribution in [2.75, 3.05) is 6.54 Å². The third kappa shape index (κ3) is 7.52. The summed E-state index contributed by atoms with van der Waals surface area (Å²) >= 11 is 0. The molecular weight excluding hydrogens is 344 g/mol. The molecule has 1 aromatic carbocycles. The van der Waals surface area contributed by atoms with Gasteiger partial charge in [-0.3, -0.25) is 4.79 Å². The maximum absolute atomic E-state index is 12.3. The number of carbonyl (C=O) groups excluding carboxylic acids is 1. The number of nitrogens with zero attached hydrogens (tertiary/aromatic N) is 2. The van der Waals surface area contributed by atoms with Crippen molar-refractivity contribution in [3.8, 4) is 0 Å². The zero-order valence-electron chi connectivity index (χ0n) is 15.9. The standard InChI is InChI=1S/C20H28N4O3/c1-15(14-24-11-10-21-16(24)2)13-22-20(27)23-18(8-9-19(25)26)12-17-6-4-3-5-7-17/h3-7,10-11,15,18H,8-9,12-14H2,1-2H3,(H,25,26)(H2,22,23,27). The number of urea groups is 1. The Kier molecular flexibility index (Phi) is 7.85. The fraction of sp³-hybridized carbons (Fsp3) is 0.450. The highest BCUT2D eigenvalue weighted by Gasteiger charge is 2.15. The van der Waals surface area contributed by atoms with E-state index in [2.05, 4.69) is 27.1 Å². The van der Waals surface area contributed by atoms with Crippen LogP contribution in [0.15, 0.2) is 42.7 Å². The van der Waals surface area contributed by atoms with Crippen LogP contribution in [0.5, 0.6) is 0 Å². The molecule has 1 heterocycles. The molecule has 0 aliphatic carbocycles. The second-order valence-electron chi connectivity index (χ2n) is 6.91. The van der Waals surface area contributed by atoms with Gasteiger partial charge in [0.2, 0.25) is 0 Å². The van der Waals surface area contributed by atoms with Crippen molar-refractivity contribution < 1.29 is 14.7 Å². The first kappa shape index (κ1) is 20.5. The van der Waals surface area contributed by atoms with Gasteiger partial charge in [0.1, 0.15) is 5.82 Å². The van der Waals surface area contributed by atoms with Crippen LogP contribution in [0.3, 0.4) is 0 Å². The van der Waals surface area contributed by atoms with Crippen LogP contribution >= 0.6 is 0 Å². The molecule has 0 bridgehead atoms. The normalized spacial score (nSPS) is 13.0. The first-order valence-corrected chi connectivity index (χ1v) is 9.22. The van der Waals surface area contributed by atoms with Gasteiger partial charge in [0.25, 0.3) is 0 Å². The SMILES string of the molecule is Cc1nccn1CC(C)CNC(=O)NC(CCC(=O)O)Cc1ccccc1. The first-order chi connectivity index (χ1) is 12.9. The molecule has 2 aromatic rings. The molecule has 1 aromatic heterocycles. The quantitative estimate of drug-likeness (QED) is 0.597. The molecule has 3 N–H and O–H groups in total. The van der Waals surface area contributed by atoms with E-state index in [-0.39, 0.29) is 24.4 Å². The first-order valence-electron chi connectivity index (χ1n) is 9.22. The van der Waals surface area contributed by atoms with Crippen LogP contribution in [0.4, 0.5) is 4.79 Å². The maximum Gasteiger partial charge on any atom is 0.315 e. The smallest absolute Gasteiger partial charge is 0.315 e. The molecule has 0 spiro atoms. The molecule has 2 atom stereocenters. The Bertz CT molecular complexity index is 730. The lowest BCUT2D eigenvalue weighted by atomic mass is 10.0. The molecule has 0 aliphatic rings. The molecule has 0 saturated heterocycles. The number of carboxylic acid groups (broad SMARTS) is 1. The molecule has 0 aliphatic heterocycles. The average Bonchev–Trinajstić information content (AvgIpc) is 3.03. The van der Waals surface area contributed by atoms with E-state index >= 15 is 0 Å². The summed E-state index contributed by atoms with van der Waals surface area (Å²) in [5.41, 5.74) is 1.07. The summed E-state index contributed by atoms with van der Waals surface area (Å²) in [6.07, 6.45) is 4.70. The summed E-state index contributed by atoms with van der Waals surface area (Å²) in [7, 11) is 0. The summed E-state index contributed by atoms with van der Waals surface area (Å²) < 4.78 is 2.05. The fourth-order valence-corrected chi connectivity index (χ4v) is 2.92. The Morgan fingerprint density at radius 1 is 1.26 bits per heavy atom. The van der Waals surface area contributed by atoms with Gasteiger partial charge < -0.3 is 20.3 Å². The summed E-state index contributed by atoms with van der Waals surface area (Å²) in [5.74, 6) is 0.331. The maximum atomic E-state index is 12.3. The van der Waals surface area contributed by atoms with Gasteiger partial charge in [0.15, 0.2) is 0 Å². The van der Waals surface area contributed by atoms with Gasteiger partial charge >= 0.3 is 12.0 Å². The van der Waals surface area contributed by atoms with Crippen LogP contribution in [0.2, 0.25) is 0 Å². The van der Waals surface area contributed by atoms with E-state index in [1.165, 1.54) is 0 Å². The number of imidazole rings is 1. The van der Waals surface area contributed by atoms with Gasteiger partial charge in [-0.25, -0.2) is 9.78 Å². The lowest BCUT2D eigenvalue weighted by Gasteiger charge is -2.20. The van der Waals surface area contributed by atoms with Gasteiger partial charge in [0, 0.05) is 37.9 Å². The van der Waals surface area contributed by atoms with Crippen molar-refractivity contribution in [3.63, 3.8) is 0 Å². The van der Waals surface area contributed by atoms with Crippen LogP contribution in [0.1, 0.15) is 31.2 Å². The number of hydrogen-bond donors (Lipinski definition) is 3. The number of rotatable bonds is 10. The monoisotopic (exact) mass is 372 g/mol. The lowest BCUT2D eigenvalue weighted by molar-refractivity contribution is -0.137. The van der Waals surface area contributed by atoms with Gasteiger partial charge in [-0.15, -0.1) is 0 Å². The topological polar surface area (TPSA) is 96.3 Å².